The number of morpholine rings is 1. The Morgan fingerprint density at radius 3 is 2.42 bits per heavy atom. The number of ether oxygens (including phenoxy) is 3. The van der Waals surface area contributed by atoms with Crippen LogP contribution in [0.1, 0.15) is 0 Å². The second-order valence-electron chi connectivity index (χ2n) is 7.81. The minimum absolute atomic E-state index is 0.122. The molecule has 36 heavy (non-hydrogen) atoms. The molecule has 3 aromatic rings. The van der Waals surface area contributed by atoms with Crippen molar-refractivity contribution in [2.24, 2.45) is 7.05 Å². The summed E-state index contributed by atoms with van der Waals surface area (Å²) in [5, 5.41) is 11.8. The second kappa shape index (κ2) is 11.3. The predicted octanol–water partition coefficient (Wildman–Crippen LogP) is 2.25. The van der Waals surface area contributed by atoms with Crippen LogP contribution in [-0.4, -0.2) is 79.7 Å². The maximum atomic E-state index is 12.8. The zero-order valence-corrected chi connectivity index (χ0v) is 21.8. The van der Waals surface area contributed by atoms with Gasteiger partial charge in [0.1, 0.15) is 0 Å². The third kappa shape index (κ3) is 5.64. The summed E-state index contributed by atoms with van der Waals surface area (Å²) in [6.07, 6.45) is 0. The van der Waals surface area contributed by atoms with Crippen molar-refractivity contribution in [3.05, 3.63) is 42.5 Å². The highest BCUT2D eigenvalue weighted by Gasteiger charge is 2.26. The first-order valence-electron chi connectivity index (χ1n) is 11.1. The molecule has 1 saturated heterocycles. The molecule has 2 aromatic carbocycles. The molecular weight excluding hydrogens is 506 g/mol. The Bertz CT molecular complexity index is 1320. The number of methoxy groups -OCH3 is 2. The van der Waals surface area contributed by atoms with Gasteiger partial charge >= 0.3 is 0 Å². The van der Waals surface area contributed by atoms with Crippen LogP contribution in [0.3, 0.4) is 0 Å². The fourth-order valence-corrected chi connectivity index (χ4v) is 5.76. The number of rotatable bonds is 9. The number of thioether (sulfide) groups is 1. The van der Waals surface area contributed by atoms with Gasteiger partial charge in [0.05, 0.1) is 38.1 Å². The highest BCUT2D eigenvalue weighted by molar-refractivity contribution is 7.99. The van der Waals surface area contributed by atoms with Gasteiger partial charge in [0, 0.05) is 37.5 Å². The smallest absolute Gasteiger partial charge is 0.243 e. The Morgan fingerprint density at radius 2 is 1.75 bits per heavy atom. The van der Waals surface area contributed by atoms with Gasteiger partial charge in [0.25, 0.3) is 0 Å². The highest BCUT2D eigenvalue weighted by atomic mass is 32.2. The van der Waals surface area contributed by atoms with E-state index in [1.165, 1.54) is 23.2 Å². The minimum atomic E-state index is -3.57. The molecule has 1 amide bonds. The maximum absolute atomic E-state index is 12.8. The summed E-state index contributed by atoms with van der Waals surface area (Å²) in [6, 6.07) is 11.7. The fourth-order valence-electron chi connectivity index (χ4n) is 3.65. The zero-order valence-electron chi connectivity index (χ0n) is 20.1. The van der Waals surface area contributed by atoms with Gasteiger partial charge in [-0.15, -0.1) is 10.2 Å². The summed E-state index contributed by atoms with van der Waals surface area (Å²) in [5.74, 6) is 1.56. The third-order valence-corrected chi connectivity index (χ3v) is 8.49. The van der Waals surface area contributed by atoms with E-state index in [0.717, 1.165) is 0 Å². The molecule has 0 unspecified atom stereocenters. The van der Waals surface area contributed by atoms with Gasteiger partial charge in [-0.25, -0.2) is 8.42 Å². The first-order valence-corrected chi connectivity index (χ1v) is 13.5. The van der Waals surface area contributed by atoms with Crippen LogP contribution in [0.4, 0.5) is 5.69 Å². The monoisotopic (exact) mass is 533 g/mol. The van der Waals surface area contributed by atoms with Crippen molar-refractivity contribution in [2.75, 3.05) is 51.6 Å². The number of hydrogen-bond donors (Lipinski definition) is 1. The predicted molar refractivity (Wildman–Crippen MR) is 135 cm³/mol. The number of aromatic nitrogens is 3. The van der Waals surface area contributed by atoms with Crippen LogP contribution in [0, 0.1) is 0 Å². The molecule has 1 aliphatic heterocycles. The molecule has 0 aliphatic carbocycles. The number of benzene rings is 2. The summed E-state index contributed by atoms with van der Waals surface area (Å²) in [7, 11) is 1.30. The number of anilines is 1. The standard InChI is InChI=1S/C23H27N5O6S2/c1-27-22(16-4-7-18(8-5-16)36(30,31)28-10-12-34-13-11-28)25-26-23(27)35-15-21(29)24-17-6-9-19(32-2)20(14-17)33-3/h4-9,14H,10-13,15H2,1-3H3,(H,24,29). The molecule has 1 aliphatic rings. The van der Waals surface area contributed by atoms with Crippen molar-refractivity contribution in [1.82, 2.24) is 19.1 Å². The average Bonchev–Trinajstić information content (AvgIpc) is 3.28. The van der Waals surface area contributed by atoms with Gasteiger partial charge in [-0.2, -0.15) is 4.31 Å². The Kier molecular flexibility index (Phi) is 8.14. The van der Waals surface area contributed by atoms with E-state index in [2.05, 4.69) is 15.5 Å². The van der Waals surface area contributed by atoms with Crippen molar-refractivity contribution in [3.63, 3.8) is 0 Å². The van der Waals surface area contributed by atoms with E-state index in [9.17, 15) is 13.2 Å². The molecule has 1 fully saturated rings. The lowest BCUT2D eigenvalue weighted by atomic mass is 10.2. The van der Waals surface area contributed by atoms with Crippen LogP contribution in [-0.2, 0) is 26.6 Å². The summed E-state index contributed by atoms with van der Waals surface area (Å²) in [6.45, 7) is 1.47. The number of amides is 1. The molecule has 0 saturated carbocycles. The minimum Gasteiger partial charge on any atom is -0.493 e. The topological polar surface area (TPSA) is 125 Å². The molecule has 0 spiro atoms. The SMILES string of the molecule is COc1ccc(NC(=O)CSc2nnc(-c3ccc(S(=O)(=O)N4CCOCC4)cc3)n2C)cc1OC. The molecule has 2 heterocycles. The molecule has 0 bridgehead atoms. The molecule has 0 atom stereocenters. The summed E-state index contributed by atoms with van der Waals surface area (Å²) in [5.41, 5.74) is 1.30. The van der Waals surface area contributed by atoms with Crippen LogP contribution >= 0.6 is 11.8 Å². The van der Waals surface area contributed by atoms with Gasteiger partial charge in [-0.3, -0.25) is 4.79 Å². The van der Waals surface area contributed by atoms with Crippen molar-refractivity contribution in [2.45, 2.75) is 10.1 Å². The van der Waals surface area contributed by atoms with E-state index in [-0.39, 0.29) is 16.6 Å². The lowest BCUT2D eigenvalue weighted by molar-refractivity contribution is -0.113. The van der Waals surface area contributed by atoms with Crippen LogP contribution in [0.25, 0.3) is 11.4 Å². The average molecular weight is 534 g/mol. The van der Waals surface area contributed by atoms with Gasteiger partial charge in [0.2, 0.25) is 15.9 Å². The molecule has 13 heteroatoms. The first kappa shape index (κ1) is 25.9. The van der Waals surface area contributed by atoms with Crippen LogP contribution in [0.5, 0.6) is 11.5 Å². The number of carbonyl (C=O) groups is 1. The van der Waals surface area contributed by atoms with Crippen molar-refractivity contribution in [3.8, 4) is 22.9 Å². The van der Waals surface area contributed by atoms with Crippen molar-refractivity contribution in [1.29, 1.82) is 0 Å². The molecule has 11 nitrogen and oxygen atoms in total. The molecular formula is C23H27N5O6S2. The van der Waals surface area contributed by atoms with Crippen molar-refractivity contribution >= 4 is 33.4 Å². The van der Waals surface area contributed by atoms with E-state index in [1.54, 1.807) is 61.2 Å². The molecule has 4 rings (SSSR count). The summed E-state index contributed by atoms with van der Waals surface area (Å²) in [4.78, 5) is 12.7. The molecule has 0 radical (unpaired) electrons. The number of nitrogens with zero attached hydrogens (tertiary/aromatic N) is 4. The Balaban J connectivity index is 1.39. The third-order valence-electron chi connectivity index (χ3n) is 5.55. The van der Waals surface area contributed by atoms with E-state index in [1.807, 2.05) is 0 Å². The maximum Gasteiger partial charge on any atom is 0.243 e. The zero-order chi connectivity index (χ0) is 25.7. The normalized spacial score (nSPS) is 14.4. The number of carbonyl (C=O) groups excluding carboxylic acids is 1. The van der Waals surface area contributed by atoms with E-state index >= 15 is 0 Å². The molecule has 1 N–H and O–H groups in total. The van der Waals surface area contributed by atoms with E-state index < -0.39 is 10.0 Å². The summed E-state index contributed by atoms with van der Waals surface area (Å²) < 4.78 is 44.6. The quantitative estimate of drug-likeness (QED) is 0.412. The lowest BCUT2D eigenvalue weighted by Gasteiger charge is -2.26. The van der Waals surface area contributed by atoms with Crippen LogP contribution in [0.15, 0.2) is 52.5 Å². The largest absolute Gasteiger partial charge is 0.493 e. The number of nitrogens with one attached hydrogen (secondary N) is 1. The Hall–Kier alpha value is -3.13. The van der Waals surface area contributed by atoms with Gasteiger partial charge in [-0.1, -0.05) is 11.8 Å². The number of hydrogen-bond acceptors (Lipinski definition) is 9. The van der Waals surface area contributed by atoms with E-state index in [4.69, 9.17) is 14.2 Å². The van der Waals surface area contributed by atoms with Crippen LogP contribution in [0.2, 0.25) is 0 Å². The second-order valence-corrected chi connectivity index (χ2v) is 10.7. The first-order chi connectivity index (χ1) is 17.3. The fraction of sp³-hybridized carbons (Fsp3) is 0.348. The van der Waals surface area contributed by atoms with Gasteiger partial charge in [-0.05, 0) is 36.4 Å². The van der Waals surface area contributed by atoms with E-state index in [0.29, 0.717) is 60.0 Å². The Morgan fingerprint density at radius 1 is 1.06 bits per heavy atom. The van der Waals surface area contributed by atoms with Crippen LogP contribution < -0.4 is 14.8 Å². The van der Waals surface area contributed by atoms with Gasteiger partial charge < -0.3 is 24.1 Å². The Labute approximate surface area is 213 Å². The highest BCUT2D eigenvalue weighted by Crippen LogP contribution is 2.30. The molecule has 1 aromatic heterocycles. The summed E-state index contributed by atoms with van der Waals surface area (Å²) >= 11 is 1.24. The van der Waals surface area contributed by atoms with Crippen molar-refractivity contribution < 1.29 is 27.4 Å². The van der Waals surface area contributed by atoms with Gasteiger partial charge in [0.15, 0.2) is 22.5 Å². The lowest BCUT2D eigenvalue weighted by Crippen LogP contribution is -2.40. The number of sulfonamides is 1. The molecule has 192 valence electrons.